The molecule has 0 saturated heterocycles. The first-order valence-corrected chi connectivity index (χ1v) is 5.55. The van der Waals surface area contributed by atoms with Gasteiger partial charge in [0, 0.05) is 16.3 Å². The van der Waals surface area contributed by atoms with Crippen molar-refractivity contribution in [1.29, 1.82) is 0 Å². The van der Waals surface area contributed by atoms with Gasteiger partial charge in [0.2, 0.25) is 0 Å². The van der Waals surface area contributed by atoms with Gasteiger partial charge in [-0.3, -0.25) is 0 Å². The zero-order valence-electron chi connectivity index (χ0n) is 9.47. The minimum Gasteiger partial charge on any atom is -0.398 e. The van der Waals surface area contributed by atoms with Gasteiger partial charge in [-0.2, -0.15) is 13.2 Å². The van der Waals surface area contributed by atoms with E-state index in [1.807, 2.05) is 0 Å². The lowest BCUT2D eigenvalue weighted by Gasteiger charge is -2.31. The Labute approximate surface area is 108 Å². The van der Waals surface area contributed by atoms with Crippen LogP contribution in [0.25, 0.3) is 0 Å². The number of halogens is 4. The van der Waals surface area contributed by atoms with Crippen molar-refractivity contribution >= 4 is 17.3 Å². The van der Waals surface area contributed by atoms with Crippen LogP contribution in [0.1, 0.15) is 18.4 Å². The monoisotopic (exact) mass is 279 g/mol. The molecule has 18 heavy (non-hydrogen) atoms. The van der Waals surface area contributed by atoms with Gasteiger partial charge < -0.3 is 10.8 Å². The molecule has 0 aliphatic heterocycles. The third kappa shape index (κ3) is 2.79. The third-order valence-corrected chi connectivity index (χ3v) is 2.87. The maximum absolute atomic E-state index is 13.0. The molecule has 6 heteroatoms. The summed E-state index contributed by atoms with van der Waals surface area (Å²) in [5, 5.41) is 10.1. The van der Waals surface area contributed by atoms with Gasteiger partial charge >= 0.3 is 6.18 Å². The minimum atomic E-state index is -4.82. The van der Waals surface area contributed by atoms with E-state index in [-0.39, 0.29) is 22.7 Å². The Morgan fingerprint density at radius 1 is 1.39 bits per heavy atom. The minimum absolute atomic E-state index is 0.0120. The molecule has 0 amide bonds. The second kappa shape index (κ2) is 5.20. The molecule has 0 aliphatic rings. The van der Waals surface area contributed by atoms with Crippen LogP contribution in [0.5, 0.6) is 0 Å². The summed E-state index contributed by atoms with van der Waals surface area (Å²) in [6.45, 7) is 3.35. The molecule has 1 atom stereocenters. The third-order valence-electron chi connectivity index (χ3n) is 2.64. The summed E-state index contributed by atoms with van der Waals surface area (Å²) < 4.78 is 39.1. The van der Waals surface area contributed by atoms with Crippen molar-refractivity contribution < 1.29 is 18.3 Å². The lowest BCUT2D eigenvalue weighted by atomic mass is 9.87. The Morgan fingerprint density at radius 3 is 2.44 bits per heavy atom. The molecule has 0 spiro atoms. The van der Waals surface area contributed by atoms with E-state index in [2.05, 4.69) is 6.58 Å². The fourth-order valence-corrected chi connectivity index (χ4v) is 1.83. The zero-order valence-corrected chi connectivity index (χ0v) is 10.2. The second-order valence-corrected chi connectivity index (χ2v) is 4.35. The molecule has 100 valence electrons. The maximum atomic E-state index is 13.0. The average molecular weight is 280 g/mol. The molecule has 1 aromatic rings. The van der Waals surface area contributed by atoms with Crippen molar-refractivity contribution in [3.8, 4) is 0 Å². The summed E-state index contributed by atoms with van der Waals surface area (Å²) in [5.74, 6) is 0. The standard InChI is InChI=1S/C12H13ClF3NO/c1-2-3-6-11(18,12(14,15)16)9-5-4-8(13)7-10(9)17/h2,4-5,7,18H,1,3,6,17H2. The second-order valence-electron chi connectivity index (χ2n) is 3.92. The molecule has 0 aromatic heterocycles. The van der Waals surface area contributed by atoms with Crippen LogP contribution < -0.4 is 5.73 Å². The molecule has 1 rings (SSSR count). The summed E-state index contributed by atoms with van der Waals surface area (Å²) in [6.07, 6.45) is -4.04. The number of hydrogen-bond donors (Lipinski definition) is 2. The van der Waals surface area contributed by atoms with Gasteiger partial charge in [0.05, 0.1) is 0 Å². The quantitative estimate of drug-likeness (QED) is 0.653. The Bertz CT molecular complexity index is 447. The number of aliphatic hydroxyl groups is 1. The topological polar surface area (TPSA) is 46.2 Å². The first-order chi connectivity index (χ1) is 8.22. The molecule has 0 fully saturated rings. The molecule has 0 aliphatic carbocycles. The molecule has 0 bridgehead atoms. The molecule has 0 heterocycles. The van der Waals surface area contributed by atoms with Gasteiger partial charge in [-0.1, -0.05) is 23.7 Å². The fourth-order valence-electron chi connectivity index (χ4n) is 1.65. The highest BCUT2D eigenvalue weighted by atomic mass is 35.5. The van der Waals surface area contributed by atoms with E-state index in [4.69, 9.17) is 17.3 Å². The molecular weight excluding hydrogens is 267 g/mol. The van der Waals surface area contributed by atoms with E-state index >= 15 is 0 Å². The van der Waals surface area contributed by atoms with Gasteiger partial charge in [-0.15, -0.1) is 6.58 Å². The number of anilines is 1. The summed E-state index contributed by atoms with van der Waals surface area (Å²) in [6, 6.07) is 3.54. The van der Waals surface area contributed by atoms with Gasteiger partial charge in [-0.25, -0.2) is 0 Å². The zero-order chi connectivity index (χ0) is 14.0. The van der Waals surface area contributed by atoms with Gasteiger partial charge in [-0.05, 0) is 25.0 Å². The fraction of sp³-hybridized carbons (Fsp3) is 0.333. The average Bonchev–Trinajstić information content (AvgIpc) is 2.24. The van der Waals surface area contributed by atoms with E-state index in [0.29, 0.717) is 0 Å². The van der Waals surface area contributed by atoms with Gasteiger partial charge in [0.1, 0.15) is 0 Å². The SMILES string of the molecule is C=CCCC(O)(c1ccc(Cl)cc1N)C(F)(F)F. The van der Waals surface area contributed by atoms with Crippen LogP contribution >= 0.6 is 11.6 Å². The molecule has 1 unspecified atom stereocenters. The van der Waals surface area contributed by atoms with Crippen molar-refractivity contribution in [3.63, 3.8) is 0 Å². The highest BCUT2D eigenvalue weighted by molar-refractivity contribution is 6.30. The molecular formula is C12H13ClF3NO. The first-order valence-electron chi connectivity index (χ1n) is 5.18. The molecule has 2 nitrogen and oxygen atoms in total. The summed E-state index contributed by atoms with van der Waals surface area (Å²) in [5.41, 5.74) is 1.94. The first kappa shape index (κ1) is 14.9. The molecule has 3 N–H and O–H groups in total. The van der Waals surface area contributed by atoms with Gasteiger partial charge in [0.25, 0.3) is 0 Å². The predicted molar refractivity (Wildman–Crippen MR) is 65.2 cm³/mol. The summed E-state index contributed by atoms with van der Waals surface area (Å²) >= 11 is 5.63. The van der Waals surface area contributed by atoms with E-state index in [9.17, 15) is 18.3 Å². The lowest BCUT2D eigenvalue weighted by molar-refractivity contribution is -0.268. The largest absolute Gasteiger partial charge is 0.421 e. The Kier molecular flexibility index (Phi) is 4.29. The molecule has 0 radical (unpaired) electrons. The Balaban J connectivity index is 3.29. The number of benzene rings is 1. The lowest BCUT2D eigenvalue weighted by Crippen LogP contribution is -2.42. The van der Waals surface area contributed by atoms with Gasteiger partial charge in [0.15, 0.2) is 5.60 Å². The van der Waals surface area contributed by atoms with E-state index in [1.165, 1.54) is 18.2 Å². The number of nitrogen functional groups attached to an aromatic ring is 1. The van der Waals surface area contributed by atoms with E-state index in [0.717, 1.165) is 6.07 Å². The van der Waals surface area contributed by atoms with Crippen molar-refractivity contribution in [2.24, 2.45) is 0 Å². The van der Waals surface area contributed by atoms with Crippen molar-refractivity contribution in [2.45, 2.75) is 24.6 Å². The molecule has 1 aromatic carbocycles. The Hall–Kier alpha value is -1.20. The number of hydrogen-bond acceptors (Lipinski definition) is 2. The van der Waals surface area contributed by atoms with E-state index < -0.39 is 18.2 Å². The van der Waals surface area contributed by atoms with Crippen LogP contribution in [0.2, 0.25) is 5.02 Å². The number of nitrogens with two attached hydrogens (primary N) is 1. The highest BCUT2D eigenvalue weighted by Gasteiger charge is 2.55. The van der Waals surface area contributed by atoms with Crippen molar-refractivity contribution in [3.05, 3.63) is 41.4 Å². The number of alkyl halides is 3. The van der Waals surface area contributed by atoms with Crippen LogP contribution in [0.15, 0.2) is 30.9 Å². The van der Waals surface area contributed by atoms with Crippen LogP contribution in [0, 0.1) is 0 Å². The summed E-state index contributed by atoms with van der Waals surface area (Å²) in [4.78, 5) is 0. The smallest absolute Gasteiger partial charge is 0.398 e. The van der Waals surface area contributed by atoms with Crippen LogP contribution in [-0.2, 0) is 5.60 Å². The molecule has 0 saturated carbocycles. The predicted octanol–water partition coefficient (Wildman–Crippen LogP) is 3.64. The Morgan fingerprint density at radius 2 is 2.00 bits per heavy atom. The summed E-state index contributed by atoms with van der Waals surface area (Å²) in [7, 11) is 0. The normalized spacial score (nSPS) is 15.2. The maximum Gasteiger partial charge on any atom is 0.421 e. The number of allylic oxidation sites excluding steroid dienone is 1. The van der Waals surface area contributed by atoms with E-state index in [1.54, 1.807) is 0 Å². The van der Waals surface area contributed by atoms with Crippen molar-refractivity contribution in [2.75, 3.05) is 5.73 Å². The van der Waals surface area contributed by atoms with Crippen LogP contribution in [-0.4, -0.2) is 11.3 Å². The van der Waals surface area contributed by atoms with Crippen LogP contribution in [0.4, 0.5) is 18.9 Å². The number of rotatable bonds is 4. The highest BCUT2D eigenvalue weighted by Crippen LogP contribution is 2.44. The van der Waals surface area contributed by atoms with Crippen molar-refractivity contribution in [1.82, 2.24) is 0 Å². The van der Waals surface area contributed by atoms with Crippen LogP contribution in [0.3, 0.4) is 0 Å².